The van der Waals surface area contributed by atoms with Crippen molar-refractivity contribution in [3.05, 3.63) is 86.7 Å². The van der Waals surface area contributed by atoms with Gasteiger partial charge in [-0.25, -0.2) is 9.78 Å². The van der Waals surface area contributed by atoms with Crippen LogP contribution < -0.4 is 11.2 Å². The quantitative estimate of drug-likeness (QED) is 0.636. The first kappa shape index (κ1) is 17.8. The zero-order valence-electron chi connectivity index (χ0n) is 14.6. The predicted octanol–water partition coefficient (Wildman–Crippen LogP) is 3.13. The second kappa shape index (κ2) is 7.94. The number of aromatic amines is 1. The van der Waals surface area contributed by atoms with Gasteiger partial charge in [0.15, 0.2) is 0 Å². The van der Waals surface area contributed by atoms with E-state index < -0.39 is 5.69 Å². The van der Waals surface area contributed by atoms with Crippen LogP contribution in [0.1, 0.15) is 29.9 Å². The Morgan fingerprint density at radius 2 is 1.89 bits per heavy atom. The van der Waals surface area contributed by atoms with Gasteiger partial charge in [0.25, 0.3) is 5.56 Å². The molecule has 0 unspecified atom stereocenters. The van der Waals surface area contributed by atoms with E-state index in [-0.39, 0.29) is 18.2 Å². The largest absolute Gasteiger partial charge is 0.356 e. The van der Waals surface area contributed by atoms with E-state index in [2.05, 4.69) is 9.97 Å². The van der Waals surface area contributed by atoms with Crippen LogP contribution in [0.3, 0.4) is 0 Å². The van der Waals surface area contributed by atoms with Crippen molar-refractivity contribution in [2.75, 3.05) is 0 Å². The molecule has 1 aromatic carbocycles. The van der Waals surface area contributed by atoms with E-state index in [1.54, 1.807) is 6.20 Å². The molecule has 0 spiro atoms. The minimum absolute atomic E-state index is 0.0688. The highest BCUT2D eigenvalue weighted by Crippen LogP contribution is 2.43. The van der Waals surface area contributed by atoms with Gasteiger partial charge in [-0.3, -0.25) is 14.3 Å². The van der Waals surface area contributed by atoms with Crippen molar-refractivity contribution < 1.29 is 4.74 Å². The number of aromatic nitrogens is 3. The summed E-state index contributed by atoms with van der Waals surface area (Å²) in [5.41, 5.74) is 0.918. The number of benzene rings is 1. The molecule has 1 saturated carbocycles. The summed E-state index contributed by atoms with van der Waals surface area (Å²) >= 11 is 1.34. The average molecular weight is 381 g/mol. The number of hydrogen-bond donors (Lipinski definition) is 1. The lowest BCUT2D eigenvalue weighted by molar-refractivity contribution is 0.0550. The van der Waals surface area contributed by atoms with E-state index in [0.717, 1.165) is 23.4 Å². The minimum Gasteiger partial charge on any atom is -0.356 e. The van der Waals surface area contributed by atoms with Gasteiger partial charge in [0.2, 0.25) is 0 Å². The molecule has 1 aliphatic rings. The third-order valence-corrected chi connectivity index (χ3v) is 5.43. The van der Waals surface area contributed by atoms with Gasteiger partial charge < -0.3 is 4.74 Å². The molecule has 7 heteroatoms. The van der Waals surface area contributed by atoms with E-state index in [0.29, 0.717) is 17.2 Å². The van der Waals surface area contributed by atoms with Crippen LogP contribution in [-0.2, 0) is 18.1 Å². The number of ether oxygens (including phenoxy) is 1. The maximum atomic E-state index is 12.5. The second-order valence-corrected chi connectivity index (χ2v) is 7.42. The molecule has 2 aromatic heterocycles. The van der Waals surface area contributed by atoms with Crippen LogP contribution in [0.15, 0.2) is 74.4 Å². The Morgan fingerprint density at radius 1 is 1.11 bits per heavy atom. The summed E-state index contributed by atoms with van der Waals surface area (Å²) in [6, 6.07) is 15.3. The Kier molecular flexibility index (Phi) is 5.22. The molecule has 1 N–H and O–H groups in total. The molecule has 0 radical (unpaired) electrons. The monoisotopic (exact) mass is 381 g/mol. The first-order valence-corrected chi connectivity index (χ1v) is 9.61. The standard InChI is InChI=1S/C20H19N3O3S/c24-18-17(15-9-10-15)19(27-16-8-4-5-11-21-16)23(20(25)22-18)13-26-12-14-6-2-1-3-7-14/h1-8,11,15H,9-10,12-13H2,(H,22,24,25). The summed E-state index contributed by atoms with van der Waals surface area (Å²) in [7, 11) is 0. The number of nitrogens with zero attached hydrogens (tertiary/aromatic N) is 2. The van der Waals surface area contributed by atoms with E-state index in [9.17, 15) is 9.59 Å². The number of nitrogens with one attached hydrogen (secondary N) is 1. The van der Waals surface area contributed by atoms with Gasteiger partial charge in [-0.1, -0.05) is 48.2 Å². The fraction of sp³-hybridized carbons (Fsp3) is 0.250. The zero-order chi connectivity index (χ0) is 18.6. The molecule has 0 amide bonds. The van der Waals surface area contributed by atoms with E-state index in [1.807, 2.05) is 48.5 Å². The van der Waals surface area contributed by atoms with Crippen LogP contribution in [0.2, 0.25) is 0 Å². The van der Waals surface area contributed by atoms with Crippen molar-refractivity contribution in [1.82, 2.24) is 14.5 Å². The molecule has 0 saturated heterocycles. The molecular weight excluding hydrogens is 362 g/mol. The fourth-order valence-corrected chi connectivity index (χ4v) is 3.93. The van der Waals surface area contributed by atoms with Crippen molar-refractivity contribution in [2.24, 2.45) is 0 Å². The Balaban J connectivity index is 1.65. The van der Waals surface area contributed by atoms with Gasteiger partial charge in [0.1, 0.15) is 11.8 Å². The highest BCUT2D eigenvalue weighted by atomic mass is 32.2. The molecule has 0 atom stereocenters. The van der Waals surface area contributed by atoms with E-state index in [1.165, 1.54) is 16.3 Å². The van der Waals surface area contributed by atoms with Crippen LogP contribution in [0.25, 0.3) is 0 Å². The smallest absolute Gasteiger partial charge is 0.331 e. The Labute approximate surface area is 160 Å². The van der Waals surface area contributed by atoms with Crippen molar-refractivity contribution >= 4 is 11.8 Å². The fourth-order valence-electron chi connectivity index (χ4n) is 2.86. The van der Waals surface area contributed by atoms with Crippen molar-refractivity contribution in [3.63, 3.8) is 0 Å². The molecule has 2 heterocycles. The molecule has 0 aliphatic heterocycles. The van der Waals surface area contributed by atoms with Crippen LogP contribution in [0.5, 0.6) is 0 Å². The topological polar surface area (TPSA) is 77.0 Å². The number of H-pyrrole nitrogens is 1. The summed E-state index contributed by atoms with van der Waals surface area (Å²) in [4.78, 5) is 31.7. The summed E-state index contributed by atoms with van der Waals surface area (Å²) in [6.07, 6.45) is 3.62. The van der Waals surface area contributed by atoms with Gasteiger partial charge in [0.05, 0.1) is 17.2 Å². The number of pyridine rings is 1. The van der Waals surface area contributed by atoms with Crippen LogP contribution in [0.4, 0.5) is 0 Å². The molecule has 4 rings (SSSR count). The van der Waals surface area contributed by atoms with Crippen molar-refractivity contribution in [3.8, 4) is 0 Å². The molecule has 0 bridgehead atoms. The molecule has 138 valence electrons. The van der Waals surface area contributed by atoms with E-state index >= 15 is 0 Å². The third kappa shape index (κ3) is 4.20. The maximum absolute atomic E-state index is 12.5. The number of rotatable bonds is 7. The van der Waals surface area contributed by atoms with Crippen LogP contribution >= 0.6 is 11.8 Å². The van der Waals surface area contributed by atoms with Crippen LogP contribution in [0, 0.1) is 0 Å². The van der Waals surface area contributed by atoms with Gasteiger partial charge in [-0.05, 0) is 36.5 Å². The molecule has 3 aromatic rings. The zero-order valence-corrected chi connectivity index (χ0v) is 15.4. The van der Waals surface area contributed by atoms with Gasteiger partial charge in [-0.15, -0.1) is 0 Å². The molecule has 27 heavy (non-hydrogen) atoms. The molecule has 6 nitrogen and oxygen atoms in total. The van der Waals surface area contributed by atoms with Gasteiger partial charge in [0, 0.05) is 6.20 Å². The first-order chi connectivity index (χ1) is 13.2. The summed E-state index contributed by atoms with van der Waals surface area (Å²) in [5.74, 6) is 0.195. The molecule has 1 fully saturated rings. The Hall–Kier alpha value is -2.64. The summed E-state index contributed by atoms with van der Waals surface area (Å²) in [6.45, 7) is 0.457. The minimum atomic E-state index is -0.462. The average Bonchev–Trinajstić information content (AvgIpc) is 3.51. The predicted molar refractivity (Wildman–Crippen MR) is 103 cm³/mol. The normalized spacial score (nSPS) is 13.6. The second-order valence-electron chi connectivity index (χ2n) is 6.41. The Morgan fingerprint density at radius 3 is 2.59 bits per heavy atom. The SMILES string of the molecule is O=c1[nH]c(=O)n(COCc2ccccc2)c(Sc2ccccn2)c1C1CC1. The molecule has 1 aliphatic carbocycles. The highest BCUT2D eigenvalue weighted by Gasteiger charge is 2.31. The van der Waals surface area contributed by atoms with Crippen molar-refractivity contribution in [2.45, 2.75) is 42.1 Å². The summed E-state index contributed by atoms with van der Waals surface area (Å²) < 4.78 is 7.26. The molecular formula is C20H19N3O3S. The first-order valence-electron chi connectivity index (χ1n) is 8.80. The van der Waals surface area contributed by atoms with Gasteiger partial charge in [-0.2, -0.15) is 0 Å². The van der Waals surface area contributed by atoms with Crippen LogP contribution in [-0.4, -0.2) is 14.5 Å². The maximum Gasteiger partial charge on any atom is 0.331 e. The lowest BCUT2D eigenvalue weighted by Gasteiger charge is -2.15. The number of hydrogen-bond acceptors (Lipinski definition) is 5. The third-order valence-electron chi connectivity index (χ3n) is 4.34. The Bertz CT molecular complexity index is 1030. The van der Waals surface area contributed by atoms with E-state index in [4.69, 9.17) is 4.74 Å². The lowest BCUT2D eigenvalue weighted by Crippen LogP contribution is -2.34. The highest BCUT2D eigenvalue weighted by molar-refractivity contribution is 7.99. The van der Waals surface area contributed by atoms with Crippen molar-refractivity contribution in [1.29, 1.82) is 0 Å². The van der Waals surface area contributed by atoms with Gasteiger partial charge >= 0.3 is 5.69 Å². The summed E-state index contributed by atoms with van der Waals surface area (Å²) in [5, 5.41) is 1.36. The lowest BCUT2D eigenvalue weighted by atomic mass is 10.2.